The van der Waals surface area contributed by atoms with Gasteiger partial charge in [-0.15, -0.1) is 0 Å². The molecular formula is C51H55NO17. The molecule has 1 heterocycles. The molecule has 7 rings (SSSR count). The Bertz CT molecular complexity index is 2550. The number of hydrogen-bond acceptors (Lipinski definition) is 16. The van der Waals surface area contributed by atoms with E-state index in [9.17, 15) is 44.1 Å². The fourth-order valence-electron chi connectivity index (χ4n) is 10.7. The van der Waals surface area contributed by atoms with Crippen molar-refractivity contribution in [3.63, 3.8) is 0 Å². The van der Waals surface area contributed by atoms with E-state index in [1.165, 1.54) is 52.0 Å². The lowest BCUT2D eigenvalue weighted by atomic mass is 9.44. The van der Waals surface area contributed by atoms with Crippen LogP contribution in [0, 0.1) is 16.7 Å². The van der Waals surface area contributed by atoms with Crippen LogP contribution < -0.4 is 5.32 Å². The molecule has 6 unspecified atom stereocenters. The molecule has 11 atom stereocenters. The van der Waals surface area contributed by atoms with Gasteiger partial charge in [0.2, 0.25) is 6.10 Å². The largest absolute Gasteiger partial charge is 0.481 e. The van der Waals surface area contributed by atoms with E-state index in [-0.39, 0.29) is 40.9 Å². The van der Waals surface area contributed by atoms with Crippen LogP contribution in [0.4, 0.5) is 0 Å². The zero-order valence-electron chi connectivity index (χ0n) is 38.9. The van der Waals surface area contributed by atoms with Gasteiger partial charge in [0.25, 0.3) is 5.91 Å². The molecule has 3 aliphatic carbocycles. The zero-order valence-corrected chi connectivity index (χ0v) is 38.9. The van der Waals surface area contributed by atoms with Gasteiger partial charge in [-0.2, -0.15) is 0 Å². The molecule has 18 heteroatoms. The van der Waals surface area contributed by atoms with E-state index in [0.29, 0.717) is 0 Å². The topological polar surface area (TPSA) is 265 Å². The summed E-state index contributed by atoms with van der Waals surface area (Å²) >= 11 is 0. The Labute approximate surface area is 397 Å². The van der Waals surface area contributed by atoms with Crippen LogP contribution >= 0.6 is 0 Å². The van der Waals surface area contributed by atoms with Crippen molar-refractivity contribution in [1.29, 1.82) is 0 Å². The van der Waals surface area contributed by atoms with Gasteiger partial charge >= 0.3 is 35.8 Å². The number of amides is 1. The molecule has 3 aromatic rings. The third kappa shape index (κ3) is 9.15. The maximum Gasteiger partial charge on any atom is 0.350 e. The maximum atomic E-state index is 15.7. The molecule has 0 radical (unpaired) electrons. The monoisotopic (exact) mass is 953 g/mol. The fraction of sp³-hybridized carbons (Fsp3) is 0.451. The number of hydrogen-bond donors (Lipinski definition) is 4. The first-order chi connectivity index (χ1) is 32.6. The smallest absolute Gasteiger partial charge is 0.350 e. The number of carbonyl (C=O) groups is 8. The average Bonchev–Trinajstić information content (AvgIpc) is 3.30. The van der Waals surface area contributed by atoms with Crippen molar-refractivity contribution in [3.05, 3.63) is 119 Å². The number of esters is 5. The minimum absolute atomic E-state index is 0.0221. The van der Waals surface area contributed by atoms with Crippen LogP contribution in [0.15, 0.2) is 102 Å². The second-order valence-electron chi connectivity index (χ2n) is 18.7. The number of ketones is 1. The number of aliphatic hydroxyl groups excluding tert-OH is 1. The van der Waals surface area contributed by atoms with Gasteiger partial charge in [0.15, 0.2) is 17.5 Å². The van der Waals surface area contributed by atoms with Crippen molar-refractivity contribution in [2.24, 2.45) is 16.7 Å². The van der Waals surface area contributed by atoms with E-state index in [4.69, 9.17) is 28.4 Å². The van der Waals surface area contributed by atoms with E-state index in [2.05, 4.69) is 5.32 Å². The number of rotatable bonds is 14. The summed E-state index contributed by atoms with van der Waals surface area (Å²) in [6.45, 7) is 7.68. The third-order valence-electron chi connectivity index (χ3n) is 14.3. The normalized spacial score (nSPS) is 29.7. The first-order valence-electron chi connectivity index (χ1n) is 22.5. The minimum Gasteiger partial charge on any atom is -0.481 e. The molecule has 18 nitrogen and oxygen atoms in total. The van der Waals surface area contributed by atoms with Crippen molar-refractivity contribution in [2.45, 2.75) is 121 Å². The Hall–Kier alpha value is -6.76. The van der Waals surface area contributed by atoms with Crippen LogP contribution in [-0.4, -0.2) is 117 Å². The van der Waals surface area contributed by atoms with Crippen molar-refractivity contribution in [1.82, 2.24) is 5.32 Å². The lowest BCUT2D eigenvalue weighted by molar-refractivity contribution is -0.346. The molecule has 0 aromatic heterocycles. The van der Waals surface area contributed by atoms with E-state index >= 15 is 9.59 Å². The summed E-state index contributed by atoms with van der Waals surface area (Å²) in [5, 5.41) is 38.2. The minimum atomic E-state index is -2.50. The molecule has 4 N–H and O–H groups in total. The quantitative estimate of drug-likeness (QED) is 0.100. The lowest BCUT2D eigenvalue weighted by Gasteiger charge is -2.67. The van der Waals surface area contributed by atoms with Crippen LogP contribution in [0.25, 0.3) is 0 Å². The van der Waals surface area contributed by atoms with E-state index in [1.807, 2.05) is 0 Å². The predicted molar refractivity (Wildman–Crippen MR) is 238 cm³/mol. The van der Waals surface area contributed by atoms with Crippen LogP contribution in [0.3, 0.4) is 0 Å². The molecule has 4 aliphatic rings. The number of aliphatic carboxylic acids is 1. The molecule has 1 aliphatic heterocycles. The summed E-state index contributed by atoms with van der Waals surface area (Å²) in [6.07, 6.45) is -12.5. The molecule has 1 saturated heterocycles. The molecule has 3 fully saturated rings. The number of Topliss-reactive ketones (excluding diaryl/α,β-unsaturated/α-hetero) is 1. The van der Waals surface area contributed by atoms with Gasteiger partial charge in [-0.05, 0) is 54.8 Å². The highest BCUT2D eigenvalue weighted by Gasteiger charge is 2.78. The van der Waals surface area contributed by atoms with Crippen LogP contribution in [0.1, 0.15) is 99.5 Å². The van der Waals surface area contributed by atoms with Crippen molar-refractivity contribution in [2.75, 3.05) is 6.61 Å². The lowest BCUT2D eigenvalue weighted by Crippen LogP contribution is -2.82. The number of carboxylic acids is 1. The van der Waals surface area contributed by atoms with E-state index in [0.717, 1.165) is 13.8 Å². The second kappa shape index (κ2) is 19.3. The molecule has 1 amide bonds. The van der Waals surface area contributed by atoms with Crippen molar-refractivity contribution < 1.29 is 82.1 Å². The van der Waals surface area contributed by atoms with Crippen molar-refractivity contribution >= 4 is 47.5 Å². The molecule has 2 saturated carbocycles. The molecular weight excluding hydrogens is 899 g/mol. The number of nitrogens with one attached hydrogen (secondary N) is 1. The van der Waals surface area contributed by atoms with Crippen LogP contribution in [0.5, 0.6) is 0 Å². The Morgan fingerprint density at radius 2 is 1.41 bits per heavy atom. The second-order valence-corrected chi connectivity index (χ2v) is 18.7. The number of ether oxygens (including phenoxy) is 6. The Morgan fingerprint density at radius 1 is 0.812 bits per heavy atom. The van der Waals surface area contributed by atoms with Gasteiger partial charge in [-0.25, -0.2) is 9.59 Å². The van der Waals surface area contributed by atoms with Crippen molar-refractivity contribution in [3.8, 4) is 0 Å². The van der Waals surface area contributed by atoms with Gasteiger partial charge in [-0.1, -0.05) is 80.6 Å². The summed E-state index contributed by atoms with van der Waals surface area (Å²) in [5.74, 6) is -9.78. The number of aliphatic hydroxyl groups is 2. The average molecular weight is 954 g/mol. The Balaban J connectivity index is 1.42. The van der Waals surface area contributed by atoms with Crippen LogP contribution in [0.2, 0.25) is 0 Å². The Kier molecular flexibility index (Phi) is 14.0. The molecule has 366 valence electrons. The van der Waals surface area contributed by atoms with Gasteiger partial charge < -0.3 is 49.1 Å². The SMILES string of the molecule is CC(=O)O[C@H]1C(=O)[C@@]2(C)C(C(OC(=O)c3ccccc3)[C@]3(O)CC(OC(=O)[C@H](OC(=O)CCC(=O)O)C(NC(=O)c4ccccc4)c4ccccc4)C(C)=C1C3(C)C)C1(OC(C)=O)COC1C[C@@H]2O. The van der Waals surface area contributed by atoms with Gasteiger partial charge in [0.05, 0.1) is 42.4 Å². The summed E-state index contributed by atoms with van der Waals surface area (Å²) < 4.78 is 36.3. The molecule has 0 spiro atoms. The number of fused-ring (bicyclic) bond motifs is 5. The number of benzene rings is 3. The summed E-state index contributed by atoms with van der Waals surface area (Å²) in [5.41, 5.74) is -7.77. The molecule has 69 heavy (non-hydrogen) atoms. The first kappa shape index (κ1) is 50.1. The van der Waals surface area contributed by atoms with Gasteiger partial charge in [-0.3, -0.25) is 28.8 Å². The summed E-state index contributed by atoms with van der Waals surface area (Å²) in [6, 6.07) is 22.1. The molecule has 3 aromatic carbocycles. The zero-order chi connectivity index (χ0) is 50.2. The number of carbonyl (C=O) groups excluding carboxylic acids is 7. The summed E-state index contributed by atoms with van der Waals surface area (Å²) in [4.78, 5) is 110. The fourth-order valence-corrected chi connectivity index (χ4v) is 10.7. The van der Waals surface area contributed by atoms with E-state index in [1.54, 1.807) is 66.7 Å². The first-order valence-corrected chi connectivity index (χ1v) is 22.5. The predicted octanol–water partition coefficient (Wildman–Crippen LogP) is 4.15. The number of carboxylic acid groups (broad SMARTS) is 1. The Morgan fingerprint density at radius 3 is 1.96 bits per heavy atom. The maximum absolute atomic E-state index is 15.7. The summed E-state index contributed by atoms with van der Waals surface area (Å²) in [7, 11) is 0. The highest BCUT2D eigenvalue weighted by Crippen LogP contribution is 2.64. The standard InChI is InChI=1S/C51H55NO17/c1-27-33(66-47(62)41(67-37(58)23-22-36(56)57)39(30-16-10-7-11-17-30)52-45(60)31-18-12-8-13-19-31)25-51(63)44(68-46(61)32-20-14-9-15-21-32)42-49(6,34(55)24-35-50(42,26-64-35)69-29(3)54)43(59)40(65-28(2)53)38(27)48(51,4)5/h7-21,33-35,39-42,44,55,63H,22-26H2,1-6H3,(H,52,60)(H,56,57)/t33?,34-,35?,39?,40+,41+,42?,44?,49+,50?,51+/m0/s1. The van der Waals surface area contributed by atoms with Gasteiger partial charge in [0.1, 0.15) is 30.0 Å². The molecule has 2 bridgehead atoms. The third-order valence-corrected chi connectivity index (χ3v) is 14.3. The highest BCUT2D eigenvalue weighted by atomic mass is 16.6. The highest BCUT2D eigenvalue weighted by molar-refractivity contribution is 5.96. The van der Waals surface area contributed by atoms with Gasteiger partial charge in [0, 0.05) is 37.7 Å². The van der Waals surface area contributed by atoms with E-state index < -0.39 is 137 Å². The van der Waals surface area contributed by atoms with Crippen LogP contribution in [-0.2, 0) is 57.2 Å².